The third-order valence-corrected chi connectivity index (χ3v) is 4.57. The Morgan fingerprint density at radius 2 is 2.03 bits per heavy atom. The highest BCUT2D eigenvalue weighted by Gasteiger charge is 2.16. The molecular formula is C21H19ClFNO5. The molecule has 3 rings (SSSR count). The molecule has 0 saturated heterocycles. The number of aliphatic hydroxyl groups excluding tert-OH is 1. The van der Waals surface area contributed by atoms with Crippen LogP contribution in [0, 0.1) is 5.82 Å². The van der Waals surface area contributed by atoms with Gasteiger partial charge < -0.3 is 19.6 Å². The summed E-state index contributed by atoms with van der Waals surface area (Å²) < 4.78 is 24.3. The number of nitrogens with one attached hydrogen (secondary N) is 1. The molecule has 6 nitrogen and oxygen atoms in total. The maximum absolute atomic E-state index is 13.4. The summed E-state index contributed by atoms with van der Waals surface area (Å²) in [6, 6.07) is 10.0. The number of amides is 1. The first-order valence-corrected chi connectivity index (χ1v) is 9.35. The van der Waals surface area contributed by atoms with E-state index in [4.69, 9.17) is 25.9 Å². The molecule has 29 heavy (non-hydrogen) atoms. The number of hydrogen-bond acceptors (Lipinski definition) is 5. The van der Waals surface area contributed by atoms with Gasteiger partial charge in [0, 0.05) is 41.8 Å². The fourth-order valence-corrected chi connectivity index (χ4v) is 3.11. The topological polar surface area (TPSA) is 88.8 Å². The number of carbonyl (C=O) groups is 1. The Morgan fingerprint density at radius 1 is 1.24 bits per heavy atom. The van der Waals surface area contributed by atoms with E-state index < -0.39 is 17.5 Å². The number of hydrogen-bond donors (Lipinski definition) is 2. The Morgan fingerprint density at radius 3 is 2.76 bits per heavy atom. The average Bonchev–Trinajstić information content (AvgIpc) is 2.67. The molecule has 0 spiro atoms. The van der Waals surface area contributed by atoms with Crippen LogP contribution < -0.4 is 15.7 Å². The van der Waals surface area contributed by atoms with Crippen LogP contribution in [0.1, 0.15) is 13.3 Å². The molecule has 2 aromatic carbocycles. The highest BCUT2D eigenvalue weighted by molar-refractivity contribution is 6.33. The van der Waals surface area contributed by atoms with Gasteiger partial charge in [-0.15, -0.1) is 0 Å². The lowest BCUT2D eigenvalue weighted by molar-refractivity contribution is -0.127. The minimum Gasteiger partial charge on any atom is -0.481 e. The van der Waals surface area contributed by atoms with Gasteiger partial charge in [-0.25, -0.2) is 9.18 Å². The number of rotatable bonds is 7. The molecule has 0 aliphatic rings. The third kappa shape index (κ3) is 4.93. The number of carbonyl (C=O) groups excluding carboxylic acids is 1. The zero-order valence-electron chi connectivity index (χ0n) is 15.6. The molecule has 8 heteroatoms. The number of ether oxygens (including phenoxy) is 1. The molecular weight excluding hydrogens is 401 g/mol. The first-order chi connectivity index (χ1) is 13.9. The molecule has 0 bridgehead atoms. The fourth-order valence-electron chi connectivity index (χ4n) is 2.84. The van der Waals surface area contributed by atoms with E-state index in [1.807, 2.05) is 0 Å². The zero-order chi connectivity index (χ0) is 21.0. The number of halogens is 2. The molecule has 1 atom stereocenters. The standard InChI is InChI=1S/C21H19ClFNO5/c1-12(21(27)24-7-2-8-25)28-14-4-6-16-17(11-20(26)29-19(16)10-14)15-5-3-13(23)9-18(15)22/h3-6,9-12,25H,2,7-8H2,1H3,(H,24,27)/t12-/m1/s1. The average molecular weight is 420 g/mol. The SMILES string of the molecule is C[C@@H](Oc1ccc2c(-c3ccc(F)cc3Cl)cc(=O)oc2c1)C(=O)NCCCO. The van der Waals surface area contributed by atoms with Crippen molar-refractivity contribution in [1.82, 2.24) is 5.32 Å². The van der Waals surface area contributed by atoms with Crippen LogP contribution in [0.15, 0.2) is 51.7 Å². The van der Waals surface area contributed by atoms with Gasteiger partial charge in [-0.1, -0.05) is 11.6 Å². The van der Waals surface area contributed by atoms with Crippen LogP contribution in [-0.4, -0.2) is 30.3 Å². The number of benzene rings is 2. The molecule has 2 N–H and O–H groups in total. The van der Waals surface area contributed by atoms with Gasteiger partial charge in [0.2, 0.25) is 0 Å². The van der Waals surface area contributed by atoms with Gasteiger partial charge in [0.25, 0.3) is 5.91 Å². The zero-order valence-corrected chi connectivity index (χ0v) is 16.3. The van der Waals surface area contributed by atoms with E-state index in [0.29, 0.717) is 35.2 Å². The largest absolute Gasteiger partial charge is 0.481 e. The first-order valence-electron chi connectivity index (χ1n) is 8.97. The second kappa shape index (κ2) is 9.07. The van der Waals surface area contributed by atoms with Gasteiger partial charge in [-0.3, -0.25) is 4.79 Å². The summed E-state index contributed by atoms with van der Waals surface area (Å²) >= 11 is 6.15. The minimum absolute atomic E-state index is 0.0143. The Labute approximate surface area is 170 Å². The molecule has 0 saturated carbocycles. The fraction of sp³-hybridized carbons (Fsp3) is 0.238. The maximum atomic E-state index is 13.4. The molecule has 0 unspecified atom stereocenters. The lowest BCUT2D eigenvalue weighted by Gasteiger charge is -2.15. The van der Waals surface area contributed by atoms with Crippen LogP contribution >= 0.6 is 11.6 Å². The van der Waals surface area contributed by atoms with Crippen molar-refractivity contribution < 1.29 is 23.4 Å². The summed E-state index contributed by atoms with van der Waals surface area (Å²) in [5, 5.41) is 12.2. The normalized spacial score (nSPS) is 12.0. The Balaban J connectivity index is 1.91. The third-order valence-electron chi connectivity index (χ3n) is 4.25. The highest BCUT2D eigenvalue weighted by atomic mass is 35.5. The Bertz CT molecular complexity index is 1100. The second-order valence-corrected chi connectivity index (χ2v) is 6.80. The lowest BCUT2D eigenvalue weighted by Crippen LogP contribution is -2.37. The summed E-state index contributed by atoms with van der Waals surface area (Å²) in [6.07, 6.45) is -0.332. The predicted molar refractivity (Wildman–Crippen MR) is 108 cm³/mol. The molecule has 0 aliphatic heterocycles. The van der Waals surface area contributed by atoms with E-state index in [9.17, 15) is 14.0 Å². The Kier molecular flexibility index (Phi) is 6.51. The molecule has 152 valence electrons. The van der Waals surface area contributed by atoms with Gasteiger partial charge in [0.1, 0.15) is 17.1 Å². The first kappa shape index (κ1) is 20.8. The summed E-state index contributed by atoms with van der Waals surface area (Å²) in [7, 11) is 0. The van der Waals surface area contributed by atoms with Crippen molar-refractivity contribution in [1.29, 1.82) is 0 Å². The van der Waals surface area contributed by atoms with Crippen molar-refractivity contribution >= 4 is 28.5 Å². The van der Waals surface area contributed by atoms with E-state index in [2.05, 4.69) is 5.32 Å². The van der Waals surface area contributed by atoms with Crippen molar-refractivity contribution in [3.8, 4) is 16.9 Å². The molecule has 3 aromatic rings. The molecule has 1 heterocycles. The van der Waals surface area contributed by atoms with Crippen LogP contribution in [0.4, 0.5) is 4.39 Å². The van der Waals surface area contributed by atoms with Gasteiger partial charge in [0.15, 0.2) is 6.10 Å². The van der Waals surface area contributed by atoms with Gasteiger partial charge >= 0.3 is 5.63 Å². The van der Waals surface area contributed by atoms with Gasteiger partial charge in [-0.05, 0) is 43.7 Å². The van der Waals surface area contributed by atoms with Crippen LogP contribution in [0.3, 0.4) is 0 Å². The molecule has 1 aromatic heterocycles. The summed E-state index contributed by atoms with van der Waals surface area (Å²) in [4.78, 5) is 24.0. The van der Waals surface area contributed by atoms with Crippen molar-refractivity contribution in [2.75, 3.05) is 13.2 Å². The van der Waals surface area contributed by atoms with Crippen LogP contribution in [0.25, 0.3) is 22.1 Å². The van der Waals surface area contributed by atoms with Crippen molar-refractivity contribution in [2.45, 2.75) is 19.4 Å². The summed E-state index contributed by atoms with van der Waals surface area (Å²) in [5.41, 5.74) is 0.650. The summed E-state index contributed by atoms with van der Waals surface area (Å²) in [5.74, 6) is -0.465. The number of fused-ring (bicyclic) bond motifs is 1. The maximum Gasteiger partial charge on any atom is 0.336 e. The Hall–Kier alpha value is -2.90. The van der Waals surface area contributed by atoms with Crippen molar-refractivity contribution in [3.05, 3.63) is 63.7 Å². The van der Waals surface area contributed by atoms with Gasteiger partial charge in [-0.2, -0.15) is 0 Å². The predicted octanol–water partition coefficient (Wildman–Crippen LogP) is 3.52. The molecule has 1 amide bonds. The van der Waals surface area contributed by atoms with E-state index >= 15 is 0 Å². The monoisotopic (exact) mass is 419 g/mol. The van der Waals surface area contributed by atoms with Crippen LogP contribution in [0.2, 0.25) is 5.02 Å². The molecule has 0 fully saturated rings. The smallest absolute Gasteiger partial charge is 0.336 e. The van der Waals surface area contributed by atoms with E-state index in [0.717, 1.165) is 0 Å². The van der Waals surface area contributed by atoms with Gasteiger partial charge in [0.05, 0.1) is 5.02 Å². The number of aliphatic hydroxyl groups is 1. The lowest BCUT2D eigenvalue weighted by atomic mass is 10.0. The van der Waals surface area contributed by atoms with E-state index in [1.54, 1.807) is 19.1 Å². The van der Waals surface area contributed by atoms with E-state index in [-0.39, 0.29) is 23.1 Å². The van der Waals surface area contributed by atoms with Crippen LogP contribution in [0.5, 0.6) is 5.75 Å². The van der Waals surface area contributed by atoms with Crippen molar-refractivity contribution in [3.63, 3.8) is 0 Å². The van der Waals surface area contributed by atoms with Crippen LogP contribution in [-0.2, 0) is 4.79 Å². The van der Waals surface area contributed by atoms with E-state index in [1.165, 1.54) is 30.3 Å². The molecule has 0 radical (unpaired) electrons. The van der Waals surface area contributed by atoms with Crippen molar-refractivity contribution in [2.24, 2.45) is 0 Å². The second-order valence-electron chi connectivity index (χ2n) is 6.39. The summed E-state index contributed by atoms with van der Waals surface area (Å²) in [6.45, 7) is 1.92. The quantitative estimate of drug-likeness (QED) is 0.452. The minimum atomic E-state index is -0.785. The molecule has 0 aliphatic carbocycles. The highest BCUT2D eigenvalue weighted by Crippen LogP contribution is 2.34.